The number of carbonyl (C=O) groups excluding carboxylic acids is 1. The molecule has 2 atom stereocenters. The zero-order chi connectivity index (χ0) is 16.6. The lowest BCUT2D eigenvalue weighted by atomic mass is 9.99. The summed E-state index contributed by atoms with van der Waals surface area (Å²) in [5.74, 6) is 0.144. The number of amides is 1. The van der Waals surface area contributed by atoms with Gasteiger partial charge in [0.15, 0.2) is 0 Å². The Hall–Kier alpha value is -1.18. The summed E-state index contributed by atoms with van der Waals surface area (Å²) in [4.78, 5) is 17.9. The van der Waals surface area contributed by atoms with E-state index < -0.39 is 0 Å². The molecular formula is C18H29ClN4O2. The Morgan fingerprint density at radius 2 is 1.84 bits per heavy atom. The zero-order valence-corrected chi connectivity index (χ0v) is 15.3. The summed E-state index contributed by atoms with van der Waals surface area (Å²) in [5, 5.41) is 9.83. The first kappa shape index (κ1) is 20.1. The molecule has 0 spiro atoms. The molecule has 0 aromatic heterocycles. The van der Waals surface area contributed by atoms with Gasteiger partial charge in [-0.15, -0.1) is 12.4 Å². The van der Waals surface area contributed by atoms with Crippen LogP contribution in [0.4, 0.5) is 0 Å². The average Bonchev–Trinajstić information content (AvgIpc) is 2.64. The Bertz CT molecular complexity index is 503. The smallest absolute Gasteiger partial charge is 0.237 e. The third kappa shape index (κ3) is 6.56. The standard InChI is InChI=1S/C18H28N4O2.ClH/c23-18(21-15-8-10-19-11-9-15)17-7-6-16(12-20-17)22-24-13-14-4-2-1-3-5-14;/h1-5,15-17,19-20,22H,6-13H2,(H,21,23);1H/t16-,17+;/m1./s1. The quantitative estimate of drug-likeness (QED) is 0.566. The van der Waals surface area contributed by atoms with Gasteiger partial charge in [0.1, 0.15) is 0 Å². The minimum atomic E-state index is -0.0768. The zero-order valence-electron chi connectivity index (χ0n) is 14.5. The molecule has 7 heteroatoms. The lowest BCUT2D eigenvalue weighted by molar-refractivity contribution is -0.125. The molecule has 2 saturated heterocycles. The SMILES string of the molecule is Cl.O=C(NC1CCNCC1)[C@@H]1CC[C@@H](NOCc2ccccc2)CN1. The van der Waals surface area contributed by atoms with Crippen molar-refractivity contribution in [1.29, 1.82) is 0 Å². The third-order valence-electron chi connectivity index (χ3n) is 4.75. The molecule has 2 aliphatic rings. The van der Waals surface area contributed by atoms with Crippen LogP contribution in [0.3, 0.4) is 0 Å². The van der Waals surface area contributed by atoms with Crippen molar-refractivity contribution in [2.45, 2.75) is 50.4 Å². The fourth-order valence-corrected chi connectivity index (χ4v) is 3.27. The van der Waals surface area contributed by atoms with Crippen molar-refractivity contribution in [3.8, 4) is 0 Å². The Labute approximate surface area is 155 Å². The monoisotopic (exact) mass is 368 g/mol. The van der Waals surface area contributed by atoms with Crippen molar-refractivity contribution < 1.29 is 9.63 Å². The molecule has 0 bridgehead atoms. The van der Waals surface area contributed by atoms with E-state index in [9.17, 15) is 4.79 Å². The van der Waals surface area contributed by atoms with Crippen molar-refractivity contribution in [3.63, 3.8) is 0 Å². The van der Waals surface area contributed by atoms with E-state index in [1.54, 1.807) is 0 Å². The highest BCUT2D eigenvalue weighted by molar-refractivity contribution is 5.85. The number of rotatable bonds is 6. The highest BCUT2D eigenvalue weighted by atomic mass is 35.5. The molecule has 25 heavy (non-hydrogen) atoms. The minimum Gasteiger partial charge on any atom is -0.352 e. The van der Waals surface area contributed by atoms with Crippen molar-refractivity contribution in [2.24, 2.45) is 0 Å². The van der Waals surface area contributed by atoms with Crippen LogP contribution in [-0.2, 0) is 16.2 Å². The van der Waals surface area contributed by atoms with Gasteiger partial charge in [-0.1, -0.05) is 30.3 Å². The highest BCUT2D eigenvalue weighted by Gasteiger charge is 2.27. The Morgan fingerprint density at radius 3 is 2.52 bits per heavy atom. The van der Waals surface area contributed by atoms with Gasteiger partial charge in [0, 0.05) is 18.6 Å². The van der Waals surface area contributed by atoms with Crippen LogP contribution in [0.25, 0.3) is 0 Å². The fraction of sp³-hybridized carbons (Fsp3) is 0.611. The van der Waals surface area contributed by atoms with E-state index in [1.807, 2.05) is 30.3 Å². The maximum atomic E-state index is 12.3. The van der Waals surface area contributed by atoms with Gasteiger partial charge in [-0.3, -0.25) is 9.63 Å². The summed E-state index contributed by atoms with van der Waals surface area (Å²) < 4.78 is 0. The van der Waals surface area contributed by atoms with Crippen LogP contribution in [0.1, 0.15) is 31.2 Å². The third-order valence-corrected chi connectivity index (χ3v) is 4.75. The van der Waals surface area contributed by atoms with E-state index in [1.165, 1.54) is 0 Å². The van der Waals surface area contributed by atoms with Gasteiger partial charge in [-0.05, 0) is 44.3 Å². The van der Waals surface area contributed by atoms with Crippen LogP contribution < -0.4 is 21.4 Å². The molecular weight excluding hydrogens is 340 g/mol. The molecule has 1 aromatic carbocycles. The summed E-state index contributed by atoms with van der Waals surface area (Å²) in [6, 6.07) is 10.6. The van der Waals surface area contributed by atoms with Crippen LogP contribution in [0.5, 0.6) is 0 Å². The second-order valence-electron chi connectivity index (χ2n) is 6.66. The number of halogens is 1. The molecule has 2 heterocycles. The number of carbonyl (C=O) groups is 1. The molecule has 0 saturated carbocycles. The molecule has 2 fully saturated rings. The minimum absolute atomic E-state index is 0. The number of benzene rings is 1. The van der Waals surface area contributed by atoms with Gasteiger partial charge in [-0.25, -0.2) is 0 Å². The normalized spacial score (nSPS) is 24.3. The van der Waals surface area contributed by atoms with E-state index in [2.05, 4.69) is 21.4 Å². The van der Waals surface area contributed by atoms with Gasteiger partial charge in [0.05, 0.1) is 12.6 Å². The van der Waals surface area contributed by atoms with Gasteiger partial charge >= 0.3 is 0 Å². The average molecular weight is 369 g/mol. The number of hydrogen-bond acceptors (Lipinski definition) is 5. The van der Waals surface area contributed by atoms with E-state index in [0.717, 1.165) is 50.9 Å². The maximum Gasteiger partial charge on any atom is 0.237 e. The van der Waals surface area contributed by atoms with Gasteiger partial charge < -0.3 is 16.0 Å². The summed E-state index contributed by atoms with van der Waals surface area (Å²) in [7, 11) is 0. The van der Waals surface area contributed by atoms with Gasteiger partial charge in [0.2, 0.25) is 5.91 Å². The number of hydroxylamine groups is 1. The summed E-state index contributed by atoms with van der Waals surface area (Å²) >= 11 is 0. The molecule has 0 radical (unpaired) electrons. The first-order valence-corrected chi connectivity index (χ1v) is 8.97. The van der Waals surface area contributed by atoms with Crippen LogP contribution in [-0.4, -0.2) is 43.7 Å². The molecule has 0 unspecified atom stereocenters. The number of hydrogen-bond donors (Lipinski definition) is 4. The van der Waals surface area contributed by atoms with Gasteiger partial charge in [0.25, 0.3) is 0 Å². The summed E-state index contributed by atoms with van der Waals surface area (Å²) in [6.07, 6.45) is 3.82. The Balaban J connectivity index is 0.00000225. The molecule has 1 aromatic rings. The van der Waals surface area contributed by atoms with E-state index in [4.69, 9.17) is 4.84 Å². The van der Waals surface area contributed by atoms with Crippen LogP contribution in [0, 0.1) is 0 Å². The lowest BCUT2D eigenvalue weighted by Gasteiger charge is -2.31. The van der Waals surface area contributed by atoms with Crippen molar-refractivity contribution in [3.05, 3.63) is 35.9 Å². The first-order valence-electron chi connectivity index (χ1n) is 8.97. The first-order chi connectivity index (χ1) is 11.8. The number of nitrogens with one attached hydrogen (secondary N) is 4. The van der Waals surface area contributed by atoms with Crippen molar-refractivity contribution >= 4 is 18.3 Å². The Morgan fingerprint density at radius 1 is 1.08 bits per heavy atom. The van der Waals surface area contributed by atoms with Crippen LogP contribution in [0.2, 0.25) is 0 Å². The molecule has 140 valence electrons. The topological polar surface area (TPSA) is 74.4 Å². The highest BCUT2D eigenvalue weighted by Crippen LogP contribution is 2.11. The van der Waals surface area contributed by atoms with E-state index >= 15 is 0 Å². The van der Waals surface area contributed by atoms with E-state index in [-0.39, 0.29) is 30.4 Å². The van der Waals surface area contributed by atoms with Crippen molar-refractivity contribution in [1.82, 2.24) is 21.4 Å². The molecule has 3 rings (SSSR count). The van der Waals surface area contributed by atoms with E-state index in [0.29, 0.717) is 12.6 Å². The predicted molar refractivity (Wildman–Crippen MR) is 100 cm³/mol. The maximum absolute atomic E-state index is 12.3. The fourth-order valence-electron chi connectivity index (χ4n) is 3.27. The second kappa shape index (κ2) is 10.7. The van der Waals surface area contributed by atoms with Crippen molar-refractivity contribution in [2.75, 3.05) is 19.6 Å². The summed E-state index contributed by atoms with van der Waals surface area (Å²) in [6.45, 7) is 3.29. The number of piperidine rings is 2. The van der Waals surface area contributed by atoms with Gasteiger partial charge in [-0.2, -0.15) is 5.48 Å². The Kier molecular flexibility index (Phi) is 8.64. The largest absolute Gasteiger partial charge is 0.352 e. The van der Waals surface area contributed by atoms with Crippen LogP contribution >= 0.6 is 12.4 Å². The molecule has 2 aliphatic heterocycles. The van der Waals surface area contributed by atoms with Crippen LogP contribution in [0.15, 0.2) is 30.3 Å². The second-order valence-corrected chi connectivity index (χ2v) is 6.66. The lowest BCUT2D eigenvalue weighted by Crippen LogP contribution is -2.55. The molecule has 6 nitrogen and oxygen atoms in total. The molecule has 4 N–H and O–H groups in total. The summed E-state index contributed by atoms with van der Waals surface area (Å²) in [5.41, 5.74) is 4.25. The molecule has 0 aliphatic carbocycles. The predicted octanol–water partition coefficient (Wildman–Crippen LogP) is 1.12. The molecule has 1 amide bonds.